The molecule has 1 aromatic carbocycles. The second-order valence-corrected chi connectivity index (χ2v) is 7.64. The van der Waals surface area contributed by atoms with Gasteiger partial charge in [0.1, 0.15) is 18.3 Å². The molecule has 0 aliphatic rings. The summed E-state index contributed by atoms with van der Waals surface area (Å²) in [6, 6.07) is 7.01. The highest BCUT2D eigenvalue weighted by atomic mass is 16.5. The van der Waals surface area contributed by atoms with Crippen molar-refractivity contribution in [3.8, 4) is 6.01 Å². The minimum Gasteiger partial charge on any atom is -0.461 e. The van der Waals surface area contributed by atoms with Crippen molar-refractivity contribution in [3.05, 3.63) is 23.8 Å². The highest BCUT2D eigenvalue weighted by Gasteiger charge is 2.18. The van der Waals surface area contributed by atoms with Crippen LogP contribution in [-0.2, 0) is 4.74 Å². The number of hydrogen-bond acceptors (Lipinski definition) is 6. The Balaban J connectivity index is 2.60. The molecule has 2 aromatic rings. The summed E-state index contributed by atoms with van der Waals surface area (Å²) in [5.41, 5.74) is 1.93. The molecule has 0 aliphatic heterocycles. The van der Waals surface area contributed by atoms with E-state index in [4.69, 9.17) is 14.5 Å². The molecule has 0 saturated carbocycles. The fourth-order valence-corrected chi connectivity index (χ4v) is 3.35. The number of amidine groups is 1. The molecule has 166 valence electrons. The van der Waals surface area contributed by atoms with E-state index in [0.717, 1.165) is 54.1 Å². The summed E-state index contributed by atoms with van der Waals surface area (Å²) in [5.74, 6) is 1.87. The highest BCUT2D eigenvalue weighted by molar-refractivity contribution is 6.03. The van der Waals surface area contributed by atoms with E-state index in [-0.39, 0.29) is 0 Å². The van der Waals surface area contributed by atoms with Crippen molar-refractivity contribution in [3.63, 3.8) is 0 Å². The van der Waals surface area contributed by atoms with Gasteiger partial charge < -0.3 is 19.3 Å². The number of ether oxygens (including phenoxy) is 2. The van der Waals surface area contributed by atoms with Crippen LogP contribution in [0, 0.1) is 0 Å². The van der Waals surface area contributed by atoms with Crippen molar-refractivity contribution in [2.45, 2.75) is 46.6 Å². The van der Waals surface area contributed by atoms with Gasteiger partial charge in [-0.15, -0.1) is 0 Å². The van der Waals surface area contributed by atoms with Gasteiger partial charge in [0.05, 0.1) is 12.1 Å². The van der Waals surface area contributed by atoms with Gasteiger partial charge >= 0.3 is 6.01 Å². The predicted molar refractivity (Wildman–Crippen MR) is 125 cm³/mol. The summed E-state index contributed by atoms with van der Waals surface area (Å²) < 4.78 is 10.9. The van der Waals surface area contributed by atoms with Gasteiger partial charge in [-0.3, -0.25) is 4.99 Å². The highest BCUT2D eigenvalue weighted by Crippen LogP contribution is 2.28. The number of aromatic nitrogens is 2. The summed E-state index contributed by atoms with van der Waals surface area (Å²) in [6.07, 6.45) is 2.09. The van der Waals surface area contributed by atoms with E-state index in [9.17, 15) is 0 Å². The Morgan fingerprint density at radius 2 is 1.80 bits per heavy atom. The summed E-state index contributed by atoms with van der Waals surface area (Å²) >= 11 is 0. The summed E-state index contributed by atoms with van der Waals surface area (Å²) in [5, 5.41) is 1.02. The van der Waals surface area contributed by atoms with Gasteiger partial charge in [-0.05, 0) is 44.9 Å². The predicted octanol–water partition coefficient (Wildman–Crippen LogP) is 4.00. The molecule has 2 rings (SSSR count). The van der Waals surface area contributed by atoms with E-state index in [2.05, 4.69) is 66.7 Å². The lowest BCUT2D eigenvalue weighted by Gasteiger charge is -2.27. The smallest absolute Gasteiger partial charge is 0.319 e. The fraction of sp³-hybridized carbons (Fsp3) is 0.609. The third kappa shape index (κ3) is 5.81. The second kappa shape index (κ2) is 11.7. The first-order valence-corrected chi connectivity index (χ1v) is 10.8. The van der Waals surface area contributed by atoms with E-state index in [1.54, 1.807) is 7.11 Å². The molecule has 7 nitrogen and oxygen atoms in total. The maximum atomic E-state index is 5.76. The standard InChI is InChI=1S/C23H37N5O2/c1-8-12-28(13-9-2)22-19-16-18(21(24-5)27(6)17(3)4)10-11-20(19)25-23(26-22)30-15-14-29-7/h10-11,16-17H,8-9,12-15H2,1-7H3. The van der Waals surface area contributed by atoms with Crippen LogP contribution in [0.2, 0.25) is 0 Å². The SMILES string of the molecule is CCCN(CCC)c1nc(OCCOC)nc2ccc(C(=NC)N(C)C(C)C)cc12. The van der Waals surface area contributed by atoms with Gasteiger partial charge in [0.2, 0.25) is 0 Å². The van der Waals surface area contributed by atoms with Crippen molar-refractivity contribution in [1.82, 2.24) is 14.9 Å². The molecule has 0 spiro atoms. The van der Waals surface area contributed by atoms with Crippen LogP contribution in [0.3, 0.4) is 0 Å². The summed E-state index contributed by atoms with van der Waals surface area (Å²) in [6.45, 7) is 11.5. The number of anilines is 1. The van der Waals surface area contributed by atoms with E-state index in [1.807, 2.05) is 13.1 Å². The molecular formula is C23H37N5O2. The van der Waals surface area contributed by atoms with Crippen molar-refractivity contribution in [1.29, 1.82) is 0 Å². The zero-order valence-corrected chi connectivity index (χ0v) is 19.6. The Labute approximate surface area is 181 Å². The first kappa shape index (κ1) is 23.9. The van der Waals surface area contributed by atoms with Crippen LogP contribution in [0.15, 0.2) is 23.2 Å². The summed E-state index contributed by atoms with van der Waals surface area (Å²) in [7, 11) is 5.56. The number of benzene rings is 1. The van der Waals surface area contributed by atoms with Crippen LogP contribution < -0.4 is 9.64 Å². The largest absolute Gasteiger partial charge is 0.461 e. The van der Waals surface area contributed by atoms with Gasteiger partial charge in [0.15, 0.2) is 0 Å². The van der Waals surface area contributed by atoms with Crippen LogP contribution in [0.4, 0.5) is 5.82 Å². The first-order chi connectivity index (χ1) is 14.5. The van der Waals surface area contributed by atoms with Gasteiger partial charge in [-0.25, -0.2) is 0 Å². The van der Waals surface area contributed by atoms with Gasteiger partial charge in [-0.2, -0.15) is 9.97 Å². The van der Waals surface area contributed by atoms with Gasteiger partial charge in [-0.1, -0.05) is 13.8 Å². The van der Waals surface area contributed by atoms with Crippen LogP contribution in [0.1, 0.15) is 46.1 Å². The molecule has 0 aliphatic carbocycles. The molecule has 0 fully saturated rings. The molecule has 1 aromatic heterocycles. The second-order valence-electron chi connectivity index (χ2n) is 7.64. The molecule has 0 atom stereocenters. The van der Waals surface area contributed by atoms with Crippen LogP contribution in [0.5, 0.6) is 6.01 Å². The average molecular weight is 416 g/mol. The molecule has 0 N–H and O–H groups in total. The number of methoxy groups -OCH3 is 1. The minimum absolute atomic E-state index is 0.350. The van der Waals surface area contributed by atoms with E-state index in [0.29, 0.717) is 25.3 Å². The maximum absolute atomic E-state index is 5.76. The molecule has 0 bridgehead atoms. The van der Waals surface area contributed by atoms with Crippen LogP contribution in [-0.4, -0.2) is 74.3 Å². The number of rotatable bonds is 11. The van der Waals surface area contributed by atoms with Crippen molar-refractivity contribution in [2.24, 2.45) is 4.99 Å². The number of nitrogens with zero attached hydrogens (tertiary/aromatic N) is 5. The van der Waals surface area contributed by atoms with Crippen molar-refractivity contribution in [2.75, 3.05) is 52.4 Å². The topological polar surface area (TPSA) is 63.1 Å². The Morgan fingerprint density at radius 3 is 2.37 bits per heavy atom. The monoisotopic (exact) mass is 415 g/mol. The van der Waals surface area contributed by atoms with Crippen LogP contribution in [0.25, 0.3) is 10.9 Å². The van der Waals surface area contributed by atoms with Crippen molar-refractivity contribution < 1.29 is 9.47 Å². The Hall–Kier alpha value is -2.41. The number of hydrogen-bond donors (Lipinski definition) is 0. The quantitative estimate of drug-likeness (QED) is 0.314. The van der Waals surface area contributed by atoms with E-state index >= 15 is 0 Å². The molecule has 0 saturated heterocycles. The maximum Gasteiger partial charge on any atom is 0.319 e. The fourth-order valence-electron chi connectivity index (χ4n) is 3.35. The normalized spacial score (nSPS) is 11.9. The third-order valence-electron chi connectivity index (χ3n) is 5.04. The Bertz CT molecular complexity index is 832. The molecule has 0 radical (unpaired) electrons. The zero-order chi connectivity index (χ0) is 22.1. The van der Waals surface area contributed by atoms with Crippen molar-refractivity contribution >= 4 is 22.6 Å². The molecule has 0 amide bonds. The minimum atomic E-state index is 0.350. The lowest BCUT2D eigenvalue weighted by Crippen LogP contribution is -2.33. The molecule has 7 heteroatoms. The molecule has 0 unspecified atom stereocenters. The molecule has 30 heavy (non-hydrogen) atoms. The first-order valence-electron chi connectivity index (χ1n) is 10.8. The Kier molecular flexibility index (Phi) is 9.30. The third-order valence-corrected chi connectivity index (χ3v) is 5.04. The number of aliphatic imine (C=N–C) groups is 1. The van der Waals surface area contributed by atoms with Gasteiger partial charge in [0, 0.05) is 51.3 Å². The average Bonchev–Trinajstić information content (AvgIpc) is 2.73. The lowest BCUT2D eigenvalue weighted by atomic mass is 10.1. The number of fused-ring (bicyclic) bond motifs is 1. The lowest BCUT2D eigenvalue weighted by molar-refractivity contribution is 0.141. The van der Waals surface area contributed by atoms with E-state index < -0.39 is 0 Å². The summed E-state index contributed by atoms with van der Waals surface area (Å²) in [4.78, 5) is 18.5. The zero-order valence-electron chi connectivity index (χ0n) is 19.6. The van der Waals surface area contributed by atoms with Gasteiger partial charge in [0.25, 0.3) is 0 Å². The van der Waals surface area contributed by atoms with E-state index in [1.165, 1.54) is 0 Å². The van der Waals surface area contributed by atoms with Crippen LogP contribution >= 0.6 is 0 Å². The molecular weight excluding hydrogens is 378 g/mol. The molecule has 1 heterocycles. The Morgan fingerprint density at radius 1 is 1.10 bits per heavy atom.